The van der Waals surface area contributed by atoms with Crippen LogP contribution in [-0.2, 0) is 9.53 Å². The van der Waals surface area contributed by atoms with E-state index < -0.39 is 12.0 Å². The molecule has 110 valence electrons. The molecule has 0 aromatic carbocycles. The maximum Gasteiger partial charge on any atom is 0.315 e. The Morgan fingerprint density at radius 3 is 2.53 bits per heavy atom. The zero-order chi connectivity index (χ0) is 14.3. The van der Waals surface area contributed by atoms with Crippen molar-refractivity contribution in [2.24, 2.45) is 0 Å². The Morgan fingerprint density at radius 2 is 1.95 bits per heavy atom. The molecule has 1 rings (SSSR count). The fourth-order valence-electron chi connectivity index (χ4n) is 1.93. The highest BCUT2D eigenvalue weighted by Crippen LogP contribution is 2.32. The molecule has 0 unspecified atom stereocenters. The second-order valence-electron chi connectivity index (χ2n) is 4.59. The molecule has 0 spiro atoms. The number of amides is 2. The molecule has 1 aliphatic rings. The van der Waals surface area contributed by atoms with E-state index in [9.17, 15) is 18.4 Å². The zero-order valence-electron chi connectivity index (χ0n) is 11.0. The molecule has 2 N–H and O–H groups in total. The molecule has 0 atom stereocenters. The van der Waals surface area contributed by atoms with E-state index in [2.05, 4.69) is 10.6 Å². The third-order valence-electron chi connectivity index (χ3n) is 2.97. The van der Waals surface area contributed by atoms with E-state index >= 15 is 0 Å². The number of esters is 1. The zero-order valence-corrected chi connectivity index (χ0v) is 11.0. The molecular formula is C12H20F2N2O3. The number of carbonyl (C=O) groups excluding carboxylic acids is 2. The molecule has 0 aromatic heterocycles. The molecule has 7 heteroatoms. The van der Waals surface area contributed by atoms with Crippen LogP contribution in [0.4, 0.5) is 13.6 Å². The van der Waals surface area contributed by atoms with E-state index in [0.717, 1.165) is 0 Å². The maximum absolute atomic E-state index is 12.9. The second kappa shape index (κ2) is 7.25. The summed E-state index contributed by atoms with van der Waals surface area (Å²) in [5.41, 5.74) is 0. The van der Waals surface area contributed by atoms with E-state index in [-0.39, 0.29) is 50.7 Å². The first-order valence-corrected chi connectivity index (χ1v) is 6.51. The molecule has 0 bridgehead atoms. The van der Waals surface area contributed by atoms with E-state index in [1.807, 2.05) is 0 Å². The molecule has 5 nitrogen and oxygen atoms in total. The summed E-state index contributed by atoms with van der Waals surface area (Å²) in [6.45, 7) is 2.19. The highest BCUT2D eigenvalue weighted by Gasteiger charge is 2.35. The van der Waals surface area contributed by atoms with Crippen molar-refractivity contribution in [2.75, 3.05) is 13.2 Å². The minimum absolute atomic E-state index is 0.101. The molecule has 0 heterocycles. The summed E-state index contributed by atoms with van der Waals surface area (Å²) in [6, 6.07) is -0.651. The van der Waals surface area contributed by atoms with Crippen LogP contribution in [0, 0.1) is 0 Å². The minimum Gasteiger partial charge on any atom is -0.466 e. The number of urea groups is 1. The smallest absolute Gasteiger partial charge is 0.315 e. The van der Waals surface area contributed by atoms with Crippen LogP contribution < -0.4 is 10.6 Å². The lowest BCUT2D eigenvalue weighted by molar-refractivity contribution is -0.142. The number of hydrogen-bond acceptors (Lipinski definition) is 3. The van der Waals surface area contributed by atoms with Gasteiger partial charge in [0.25, 0.3) is 0 Å². The molecule has 0 radical (unpaired) electrons. The Labute approximate surface area is 111 Å². The van der Waals surface area contributed by atoms with Gasteiger partial charge in [0.1, 0.15) is 0 Å². The summed E-state index contributed by atoms with van der Waals surface area (Å²) in [6.07, 6.45) is 0.266. The van der Waals surface area contributed by atoms with Gasteiger partial charge in [-0.1, -0.05) is 0 Å². The van der Waals surface area contributed by atoms with Gasteiger partial charge in [0.2, 0.25) is 5.92 Å². The van der Waals surface area contributed by atoms with E-state index in [1.165, 1.54) is 0 Å². The lowest BCUT2D eigenvalue weighted by Gasteiger charge is -2.28. The van der Waals surface area contributed by atoms with Crippen LogP contribution in [0.2, 0.25) is 0 Å². The minimum atomic E-state index is -2.60. The van der Waals surface area contributed by atoms with Crippen molar-refractivity contribution in [1.82, 2.24) is 10.6 Å². The summed E-state index contributed by atoms with van der Waals surface area (Å²) in [7, 11) is 0. The predicted octanol–water partition coefficient (Wildman–Crippen LogP) is 1.82. The van der Waals surface area contributed by atoms with Crippen molar-refractivity contribution < 1.29 is 23.1 Å². The molecule has 1 saturated carbocycles. The normalized spacial score (nSPS) is 18.7. The van der Waals surface area contributed by atoms with Gasteiger partial charge in [-0.3, -0.25) is 4.79 Å². The first-order valence-electron chi connectivity index (χ1n) is 6.51. The van der Waals surface area contributed by atoms with Gasteiger partial charge in [-0.05, 0) is 19.8 Å². The Hall–Kier alpha value is -1.40. The lowest BCUT2D eigenvalue weighted by Crippen LogP contribution is -2.45. The lowest BCUT2D eigenvalue weighted by atomic mass is 9.92. The third kappa shape index (κ3) is 6.35. The first-order chi connectivity index (χ1) is 8.93. The average molecular weight is 278 g/mol. The van der Waals surface area contributed by atoms with Gasteiger partial charge in [0.05, 0.1) is 13.0 Å². The van der Waals surface area contributed by atoms with Gasteiger partial charge in [-0.15, -0.1) is 0 Å². The standard InChI is InChI=1S/C12H20F2N2O3/c1-2-19-10(17)5-8-15-11(18)16-9-3-6-12(13,14)7-4-9/h9H,2-8H2,1H3,(H2,15,16,18). The first kappa shape index (κ1) is 15.7. The van der Waals surface area contributed by atoms with Crippen LogP contribution >= 0.6 is 0 Å². The van der Waals surface area contributed by atoms with Gasteiger partial charge in [-0.2, -0.15) is 0 Å². The number of nitrogens with one attached hydrogen (secondary N) is 2. The maximum atomic E-state index is 12.9. The van der Waals surface area contributed by atoms with Crippen LogP contribution in [0.5, 0.6) is 0 Å². The Morgan fingerprint density at radius 1 is 1.32 bits per heavy atom. The van der Waals surface area contributed by atoms with Gasteiger partial charge in [-0.25, -0.2) is 13.6 Å². The number of alkyl halides is 2. The summed E-state index contributed by atoms with van der Waals surface area (Å²) < 4.78 is 30.5. The van der Waals surface area contributed by atoms with Crippen molar-refractivity contribution >= 4 is 12.0 Å². The molecule has 0 aromatic rings. The molecule has 1 fully saturated rings. The number of hydrogen-bond donors (Lipinski definition) is 2. The van der Waals surface area contributed by atoms with Crippen molar-refractivity contribution in [3.05, 3.63) is 0 Å². The van der Waals surface area contributed by atoms with Crippen molar-refractivity contribution in [3.63, 3.8) is 0 Å². The van der Waals surface area contributed by atoms with Crippen LogP contribution in [0.25, 0.3) is 0 Å². The van der Waals surface area contributed by atoms with Crippen molar-refractivity contribution in [1.29, 1.82) is 0 Å². The van der Waals surface area contributed by atoms with Gasteiger partial charge >= 0.3 is 12.0 Å². The largest absolute Gasteiger partial charge is 0.466 e. The fraction of sp³-hybridized carbons (Fsp3) is 0.833. The highest BCUT2D eigenvalue weighted by atomic mass is 19.3. The number of rotatable bonds is 5. The van der Waals surface area contributed by atoms with Crippen molar-refractivity contribution in [2.45, 2.75) is 51.0 Å². The predicted molar refractivity (Wildman–Crippen MR) is 65.0 cm³/mol. The number of halogens is 2. The van der Waals surface area contributed by atoms with Crippen LogP contribution in [0.1, 0.15) is 39.0 Å². The Kier molecular flexibility index (Phi) is 5.98. The highest BCUT2D eigenvalue weighted by molar-refractivity contribution is 5.75. The molecule has 19 heavy (non-hydrogen) atoms. The van der Waals surface area contributed by atoms with Gasteiger partial charge < -0.3 is 15.4 Å². The topological polar surface area (TPSA) is 67.4 Å². The summed E-state index contributed by atoms with van der Waals surface area (Å²) in [4.78, 5) is 22.5. The number of carbonyl (C=O) groups is 2. The monoisotopic (exact) mass is 278 g/mol. The average Bonchev–Trinajstić information content (AvgIpc) is 2.32. The quantitative estimate of drug-likeness (QED) is 0.754. The van der Waals surface area contributed by atoms with E-state index in [4.69, 9.17) is 4.74 Å². The summed E-state index contributed by atoms with van der Waals surface area (Å²) >= 11 is 0. The molecule has 2 amide bonds. The van der Waals surface area contributed by atoms with E-state index in [0.29, 0.717) is 6.61 Å². The third-order valence-corrected chi connectivity index (χ3v) is 2.97. The van der Waals surface area contributed by atoms with Crippen LogP contribution in [-0.4, -0.2) is 37.1 Å². The fourth-order valence-corrected chi connectivity index (χ4v) is 1.93. The van der Waals surface area contributed by atoms with Crippen LogP contribution in [0.15, 0.2) is 0 Å². The molecular weight excluding hydrogens is 258 g/mol. The number of ether oxygens (including phenoxy) is 1. The van der Waals surface area contributed by atoms with E-state index in [1.54, 1.807) is 6.92 Å². The van der Waals surface area contributed by atoms with Crippen LogP contribution in [0.3, 0.4) is 0 Å². The van der Waals surface area contributed by atoms with Gasteiger partial charge in [0.15, 0.2) is 0 Å². The Balaban J connectivity index is 2.13. The van der Waals surface area contributed by atoms with Gasteiger partial charge in [0, 0.05) is 25.4 Å². The molecule has 0 aliphatic heterocycles. The summed E-state index contributed by atoms with van der Waals surface area (Å²) in [5, 5.41) is 5.13. The van der Waals surface area contributed by atoms with Crippen molar-refractivity contribution in [3.8, 4) is 0 Å². The second-order valence-corrected chi connectivity index (χ2v) is 4.59. The Bertz CT molecular complexity index is 314. The summed E-state index contributed by atoms with van der Waals surface area (Å²) in [5.74, 6) is -2.97. The molecule has 0 saturated heterocycles. The SMILES string of the molecule is CCOC(=O)CCNC(=O)NC1CCC(F)(F)CC1. The molecule has 1 aliphatic carbocycles.